The highest BCUT2D eigenvalue weighted by Crippen LogP contribution is 2.20. The molecule has 0 fully saturated rings. The van der Waals surface area contributed by atoms with Crippen molar-refractivity contribution in [2.75, 3.05) is 13.7 Å². The molecule has 2 N–H and O–H groups in total. The average molecular weight is 350 g/mol. The zero-order valence-corrected chi connectivity index (χ0v) is 13.8. The third kappa shape index (κ3) is 4.56. The van der Waals surface area contributed by atoms with Crippen LogP contribution in [-0.2, 0) is 0 Å². The number of nitrogens with one attached hydrogen (secondary N) is 1. The first-order chi connectivity index (χ1) is 10.1. The first kappa shape index (κ1) is 16.0. The Morgan fingerprint density at radius 2 is 1.86 bits per heavy atom. The van der Waals surface area contributed by atoms with Crippen LogP contribution in [0.5, 0.6) is 5.75 Å². The second-order valence-electron chi connectivity index (χ2n) is 4.97. The Morgan fingerprint density at radius 3 is 2.48 bits per heavy atom. The van der Waals surface area contributed by atoms with E-state index in [1.54, 1.807) is 7.11 Å². The Morgan fingerprint density at radius 1 is 1.14 bits per heavy atom. The van der Waals surface area contributed by atoms with Crippen LogP contribution in [0, 0.1) is 0 Å². The highest BCUT2D eigenvalue weighted by Gasteiger charge is 2.11. The Kier molecular flexibility index (Phi) is 5.79. The SMILES string of the molecule is COc1ccc(C(O)CNC(C)c2cccc(Br)c2)cc1. The van der Waals surface area contributed by atoms with Gasteiger partial charge in [-0.25, -0.2) is 0 Å². The minimum atomic E-state index is -0.537. The fourth-order valence-corrected chi connectivity index (χ4v) is 2.54. The number of rotatable bonds is 6. The van der Waals surface area contributed by atoms with Crippen LogP contribution in [0.3, 0.4) is 0 Å². The molecule has 0 saturated carbocycles. The summed E-state index contributed by atoms with van der Waals surface area (Å²) >= 11 is 3.47. The van der Waals surface area contributed by atoms with Crippen LogP contribution in [0.1, 0.15) is 30.2 Å². The van der Waals surface area contributed by atoms with Gasteiger partial charge in [-0.1, -0.05) is 40.2 Å². The lowest BCUT2D eigenvalue weighted by Crippen LogP contribution is -2.24. The van der Waals surface area contributed by atoms with Crippen molar-refractivity contribution in [1.29, 1.82) is 0 Å². The molecule has 0 bridgehead atoms. The Bertz CT molecular complexity index is 571. The van der Waals surface area contributed by atoms with Crippen molar-refractivity contribution in [2.24, 2.45) is 0 Å². The van der Waals surface area contributed by atoms with Gasteiger partial charge in [0.2, 0.25) is 0 Å². The molecule has 0 aliphatic carbocycles. The summed E-state index contributed by atoms with van der Waals surface area (Å²) in [5, 5.41) is 13.6. The molecule has 0 amide bonds. The summed E-state index contributed by atoms with van der Waals surface area (Å²) < 4.78 is 6.17. The number of hydrogen-bond donors (Lipinski definition) is 2. The van der Waals surface area contributed by atoms with Gasteiger partial charge in [0, 0.05) is 17.1 Å². The first-order valence-electron chi connectivity index (χ1n) is 6.91. The summed E-state index contributed by atoms with van der Waals surface area (Å²) in [4.78, 5) is 0. The number of halogens is 1. The molecule has 0 spiro atoms. The summed E-state index contributed by atoms with van der Waals surface area (Å²) in [7, 11) is 1.63. The van der Waals surface area contributed by atoms with E-state index in [9.17, 15) is 5.11 Å². The first-order valence-corrected chi connectivity index (χ1v) is 7.70. The number of aliphatic hydroxyl groups excluding tert-OH is 1. The number of hydrogen-bond acceptors (Lipinski definition) is 3. The minimum Gasteiger partial charge on any atom is -0.497 e. The lowest BCUT2D eigenvalue weighted by atomic mass is 10.1. The van der Waals surface area contributed by atoms with Crippen LogP contribution in [0.25, 0.3) is 0 Å². The maximum absolute atomic E-state index is 10.2. The molecule has 0 radical (unpaired) electrons. The molecule has 0 heterocycles. The quantitative estimate of drug-likeness (QED) is 0.832. The number of aliphatic hydroxyl groups is 1. The van der Waals surface area contributed by atoms with Gasteiger partial charge in [-0.2, -0.15) is 0 Å². The predicted octanol–water partition coefficient (Wildman–Crippen LogP) is 3.84. The molecule has 2 aromatic rings. The minimum absolute atomic E-state index is 0.176. The predicted molar refractivity (Wildman–Crippen MR) is 88.5 cm³/mol. The summed E-state index contributed by atoms with van der Waals surface area (Å²) in [5.41, 5.74) is 2.07. The van der Waals surface area contributed by atoms with E-state index in [0.29, 0.717) is 6.54 Å². The van der Waals surface area contributed by atoms with Crippen molar-refractivity contribution >= 4 is 15.9 Å². The molecule has 0 aliphatic heterocycles. The Balaban J connectivity index is 1.92. The van der Waals surface area contributed by atoms with E-state index in [1.165, 1.54) is 5.56 Å². The number of methoxy groups -OCH3 is 1. The van der Waals surface area contributed by atoms with Crippen LogP contribution >= 0.6 is 15.9 Å². The summed E-state index contributed by atoms with van der Waals surface area (Å²) in [6.45, 7) is 2.59. The van der Waals surface area contributed by atoms with E-state index in [-0.39, 0.29) is 6.04 Å². The van der Waals surface area contributed by atoms with Crippen molar-refractivity contribution in [3.05, 3.63) is 64.1 Å². The van der Waals surface area contributed by atoms with Gasteiger partial charge < -0.3 is 15.2 Å². The lowest BCUT2D eigenvalue weighted by molar-refractivity contribution is 0.170. The molecule has 112 valence electrons. The van der Waals surface area contributed by atoms with E-state index >= 15 is 0 Å². The molecule has 2 unspecified atom stereocenters. The van der Waals surface area contributed by atoms with Crippen LogP contribution < -0.4 is 10.1 Å². The van der Waals surface area contributed by atoms with Gasteiger partial charge in [-0.3, -0.25) is 0 Å². The molecule has 0 aliphatic rings. The largest absolute Gasteiger partial charge is 0.497 e. The van der Waals surface area contributed by atoms with Crippen molar-refractivity contribution in [2.45, 2.75) is 19.1 Å². The zero-order chi connectivity index (χ0) is 15.2. The average Bonchev–Trinajstić information content (AvgIpc) is 2.52. The monoisotopic (exact) mass is 349 g/mol. The van der Waals surface area contributed by atoms with E-state index in [1.807, 2.05) is 36.4 Å². The van der Waals surface area contributed by atoms with Gasteiger partial charge in [0.25, 0.3) is 0 Å². The fourth-order valence-electron chi connectivity index (χ4n) is 2.13. The molecule has 4 heteroatoms. The molecule has 2 atom stereocenters. The summed E-state index contributed by atoms with van der Waals surface area (Å²) in [5.74, 6) is 0.793. The van der Waals surface area contributed by atoms with E-state index in [0.717, 1.165) is 15.8 Å². The van der Waals surface area contributed by atoms with Crippen molar-refractivity contribution in [3.63, 3.8) is 0 Å². The number of benzene rings is 2. The van der Waals surface area contributed by atoms with Crippen molar-refractivity contribution in [3.8, 4) is 5.75 Å². The molecule has 0 aromatic heterocycles. The third-order valence-electron chi connectivity index (χ3n) is 3.47. The normalized spacial score (nSPS) is 13.7. The molecule has 2 rings (SSSR count). The van der Waals surface area contributed by atoms with Gasteiger partial charge in [0.1, 0.15) is 5.75 Å². The molecule has 3 nitrogen and oxygen atoms in total. The van der Waals surface area contributed by atoms with Crippen LogP contribution in [0.4, 0.5) is 0 Å². The highest BCUT2D eigenvalue weighted by molar-refractivity contribution is 9.10. The fraction of sp³-hybridized carbons (Fsp3) is 0.294. The van der Waals surface area contributed by atoms with Gasteiger partial charge >= 0.3 is 0 Å². The lowest BCUT2D eigenvalue weighted by Gasteiger charge is -2.18. The standard InChI is InChI=1S/C17H20BrNO2/c1-12(14-4-3-5-15(18)10-14)19-11-17(20)13-6-8-16(21-2)9-7-13/h3-10,12,17,19-20H,11H2,1-2H3. The van der Waals surface area contributed by atoms with Crippen LogP contribution in [0.2, 0.25) is 0 Å². The number of ether oxygens (including phenoxy) is 1. The molecule has 21 heavy (non-hydrogen) atoms. The second kappa shape index (κ2) is 7.59. The van der Waals surface area contributed by atoms with Crippen LogP contribution in [-0.4, -0.2) is 18.8 Å². The van der Waals surface area contributed by atoms with E-state index in [4.69, 9.17) is 4.74 Å². The topological polar surface area (TPSA) is 41.5 Å². The maximum atomic E-state index is 10.2. The second-order valence-corrected chi connectivity index (χ2v) is 5.89. The Labute approximate surface area is 134 Å². The van der Waals surface area contributed by atoms with E-state index < -0.39 is 6.10 Å². The van der Waals surface area contributed by atoms with Gasteiger partial charge in [-0.05, 0) is 42.3 Å². The zero-order valence-electron chi connectivity index (χ0n) is 12.2. The molecule has 0 saturated heterocycles. The molecular formula is C17H20BrNO2. The van der Waals surface area contributed by atoms with E-state index in [2.05, 4.69) is 40.3 Å². The third-order valence-corrected chi connectivity index (χ3v) is 3.96. The van der Waals surface area contributed by atoms with Crippen LogP contribution in [0.15, 0.2) is 53.0 Å². The Hall–Kier alpha value is -1.36. The van der Waals surface area contributed by atoms with Crippen molar-refractivity contribution in [1.82, 2.24) is 5.32 Å². The maximum Gasteiger partial charge on any atom is 0.118 e. The van der Waals surface area contributed by atoms with Gasteiger partial charge in [-0.15, -0.1) is 0 Å². The molecular weight excluding hydrogens is 330 g/mol. The summed E-state index contributed by atoms with van der Waals surface area (Å²) in [6, 6.07) is 15.8. The highest BCUT2D eigenvalue weighted by atomic mass is 79.9. The van der Waals surface area contributed by atoms with Gasteiger partial charge in [0.05, 0.1) is 13.2 Å². The van der Waals surface area contributed by atoms with Gasteiger partial charge in [0.15, 0.2) is 0 Å². The smallest absolute Gasteiger partial charge is 0.118 e. The van der Waals surface area contributed by atoms with Crippen molar-refractivity contribution < 1.29 is 9.84 Å². The summed E-state index contributed by atoms with van der Waals surface area (Å²) in [6.07, 6.45) is -0.537. The molecule has 2 aromatic carbocycles.